The first kappa shape index (κ1) is 17.2. The van der Waals surface area contributed by atoms with Gasteiger partial charge in [-0.25, -0.2) is 0 Å². The van der Waals surface area contributed by atoms with E-state index in [1.807, 2.05) is 0 Å². The fourth-order valence-electron chi connectivity index (χ4n) is 2.80. The van der Waals surface area contributed by atoms with E-state index in [2.05, 4.69) is 0 Å². The molecule has 1 aliphatic rings. The molecule has 0 aliphatic carbocycles. The van der Waals surface area contributed by atoms with Gasteiger partial charge in [-0.1, -0.05) is 29.8 Å². The van der Waals surface area contributed by atoms with Gasteiger partial charge in [0.25, 0.3) is 0 Å². The number of hydrogen-bond donors (Lipinski definition) is 0. The summed E-state index contributed by atoms with van der Waals surface area (Å²) in [5.41, 5.74) is 0.990. The Kier molecular flexibility index (Phi) is 4.86. The second kappa shape index (κ2) is 7.07. The predicted molar refractivity (Wildman–Crippen MR) is 94.0 cm³/mol. The number of hydrogen-bond acceptors (Lipinski definition) is 4. The van der Waals surface area contributed by atoms with E-state index in [0.717, 1.165) is 0 Å². The summed E-state index contributed by atoms with van der Waals surface area (Å²) in [7, 11) is 0. The zero-order valence-corrected chi connectivity index (χ0v) is 14.3. The first-order valence-corrected chi connectivity index (χ1v) is 8.21. The van der Waals surface area contributed by atoms with Crippen molar-refractivity contribution in [3.8, 4) is 5.75 Å². The highest BCUT2D eigenvalue weighted by Gasteiger charge is 2.36. The SMILES string of the molecule is CC(=O)c1ccccc1OC(=O)[C@@H]1CC(=O)N(c2cccc(Cl)c2)C1. The van der Waals surface area contributed by atoms with Crippen molar-refractivity contribution < 1.29 is 19.1 Å². The topological polar surface area (TPSA) is 63.7 Å². The highest BCUT2D eigenvalue weighted by molar-refractivity contribution is 6.31. The number of nitrogens with zero attached hydrogens (tertiary/aromatic N) is 1. The van der Waals surface area contributed by atoms with Crippen molar-refractivity contribution >= 4 is 34.9 Å². The molecule has 0 unspecified atom stereocenters. The summed E-state index contributed by atoms with van der Waals surface area (Å²) in [6, 6.07) is 13.5. The molecule has 128 valence electrons. The second-order valence-electron chi connectivity index (χ2n) is 5.86. The zero-order valence-electron chi connectivity index (χ0n) is 13.6. The Morgan fingerprint density at radius 3 is 2.64 bits per heavy atom. The number of para-hydroxylation sites is 1. The Morgan fingerprint density at radius 1 is 1.16 bits per heavy atom. The molecular weight excluding hydrogens is 342 g/mol. The number of Topliss-reactive ketones (excluding diaryl/α,β-unsaturated/α-hetero) is 1. The van der Waals surface area contributed by atoms with Crippen molar-refractivity contribution in [3.63, 3.8) is 0 Å². The van der Waals surface area contributed by atoms with Crippen molar-refractivity contribution in [2.24, 2.45) is 5.92 Å². The van der Waals surface area contributed by atoms with Gasteiger partial charge in [0.2, 0.25) is 5.91 Å². The van der Waals surface area contributed by atoms with Gasteiger partial charge in [0.15, 0.2) is 5.78 Å². The summed E-state index contributed by atoms with van der Waals surface area (Å²) >= 11 is 5.96. The summed E-state index contributed by atoms with van der Waals surface area (Å²) in [4.78, 5) is 37.8. The molecule has 0 bridgehead atoms. The number of amides is 1. The van der Waals surface area contributed by atoms with Crippen molar-refractivity contribution in [1.29, 1.82) is 0 Å². The standard InChI is InChI=1S/C19H16ClNO4/c1-12(22)16-7-2-3-8-17(16)25-19(24)13-9-18(23)21(11-13)15-6-4-5-14(20)10-15/h2-8,10,13H,9,11H2,1H3/t13-/m1/s1. The fraction of sp³-hybridized carbons (Fsp3) is 0.211. The molecule has 0 radical (unpaired) electrons. The molecule has 6 heteroatoms. The van der Waals surface area contributed by atoms with Crippen LogP contribution in [-0.4, -0.2) is 24.2 Å². The number of carbonyl (C=O) groups is 3. The Balaban J connectivity index is 1.74. The van der Waals surface area contributed by atoms with Crippen molar-refractivity contribution in [2.75, 3.05) is 11.4 Å². The van der Waals surface area contributed by atoms with E-state index in [0.29, 0.717) is 16.3 Å². The zero-order chi connectivity index (χ0) is 18.0. The van der Waals surface area contributed by atoms with Crippen molar-refractivity contribution in [1.82, 2.24) is 0 Å². The van der Waals surface area contributed by atoms with Crippen LogP contribution < -0.4 is 9.64 Å². The maximum Gasteiger partial charge on any atom is 0.316 e. The first-order chi connectivity index (χ1) is 12.0. The molecular formula is C19H16ClNO4. The summed E-state index contributed by atoms with van der Waals surface area (Å²) in [5, 5.41) is 0.520. The fourth-order valence-corrected chi connectivity index (χ4v) is 2.98. The minimum absolute atomic E-state index is 0.0631. The third kappa shape index (κ3) is 3.72. The van der Waals surface area contributed by atoms with Gasteiger partial charge in [0, 0.05) is 23.7 Å². The second-order valence-corrected chi connectivity index (χ2v) is 6.30. The Bertz CT molecular complexity index is 849. The van der Waals surface area contributed by atoms with Crippen molar-refractivity contribution in [2.45, 2.75) is 13.3 Å². The van der Waals surface area contributed by atoms with Crippen LogP contribution in [0.3, 0.4) is 0 Å². The molecule has 2 aromatic carbocycles. The normalized spacial score (nSPS) is 16.8. The number of rotatable bonds is 4. The number of ether oxygens (including phenoxy) is 1. The van der Waals surface area contributed by atoms with E-state index in [1.165, 1.54) is 11.8 Å². The molecule has 5 nitrogen and oxygen atoms in total. The molecule has 1 fully saturated rings. The molecule has 1 amide bonds. The summed E-state index contributed by atoms with van der Waals surface area (Å²) < 4.78 is 5.38. The highest BCUT2D eigenvalue weighted by Crippen LogP contribution is 2.28. The van der Waals surface area contributed by atoms with Crippen LogP contribution in [0.15, 0.2) is 48.5 Å². The molecule has 1 atom stereocenters. The number of halogens is 1. The van der Waals surface area contributed by atoms with Crippen LogP contribution in [0.25, 0.3) is 0 Å². The number of carbonyl (C=O) groups excluding carboxylic acids is 3. The van der Waals surface area contributed by atoms with Crippen LogP contribution >= 0.6 is 11.6 Å². The predicted octanol–water partition coefficient (Wildman–Crippen LogP) is 3.50. The Hall–Kier alpha value is -2.66. The van der Waals surface area contributed by atoms with Gasteiger partial charge in [0.05, 0.1) is 11.5 Å². The molecule has 0 spiro atoms. The van der Waals surface area contributed by atoms with E-state index in [-0.39, 0.29) is 30.4 Å². The van der Waals surface area contributed by atoms with Gasteiger partial charge in [-0.2, -0.15) is 0 Å². The average Bonchev–Trinajstić information content (AvgIpc) is 2.97. The molecule has 1 saturated heterocycles. The van der Waals surface area contributed by atoms with Crippen LogP contribution in [0.1, 0.15) is 23.7 Å². The lowest BCUT2D eigenvalue weighted by atomic mass is 10.1. The lowest BCUT2D eigenvalue weighted by molar-refractivity contribution is -0.139. The first-order valence-electron chi connectivity index (χ1n) is 7.83. The maximum absolute atomic E-state index is 12.4. The number of ketones is 1. The lowest BCUT2D eigenvalue weighted by Gasteiger charge is -2.17. The Morgan fingerprint density at radius 2 is 1.92 bits per heavy atom. The number of anilines is 1. The monoisotopic (exact) mass is 357 g/mol. The van der Waals surface area contributed by atoms with Gasteiger partial charge in [-0.3, -0.25) is 14.4 Å². The van der Waals surface area contributed by atoms with Gasteiger partial charge in [0.1, 0.15) is 5.75 Å². The molecule has 25 heavy (non-hydrogen) atoms. The van der Waals surface area contributed by atoms with Crippen molar-refractivity contribution in [3.05, 3.63) is 59.1 Å². The van der Waals surface area contributed by atoms with Crippen LogP contribution in [0.5, 0.6) is 5.75 Å². The third-order valence-electron chi connectivity index (χ3n) is 4.06. The third-order valence-corrected chi connectivity index (χ3v) is 4.29. The molecule has 0 N–H and O–H groups in total. The minimum Gasteiger partial charge on any atom is -0.425 e. The minimum atomic E-state index is -0.591. The quantitative estimate of drug-likeness (QED) is 0.477. The highest BCUT2D eigenvalue weighted by atomic mass is 35.5. The number of esters is 1. The lowest BCUT2D eigenvalue weighted by Crippen LogP contribution is -2.27. The van der Waals surface area contributed by atoms with Gasteiger partial charge < -0.3 is 9.64 Å². The van der Waals surface area contributed by atoms with E-state index in [9.17, 15) is 14.4 Å². The van der Waals surface area contributed by atoms with Gasteiger partial charge in [-0.15, -0.1) is 0 Å². The molecule has 2 aromatic rings. The molecule has 0 aromatic heterocycles. The molecule has 1 heterocycles. The molecule has 1 aliphatic heterocycles. The molecule has 3 rings (SSSR count). The van der Waals surface area contributed by atoms with E-state index < -0.39 is 11.9 Å². The van der Waals surface area contributed by atoms with Crippen LogP contribution in [-0.2, 0) is 9.59 Å². The van der Waals surface area contributed by atoms with E-state index >= 15 is 0 Å². The summed E-state index contributed by atoms with van der Waals surface area (Å²) in [5.74, 6) is -1.25. The van der Waals surface area contributed by atoms with Crippen LogP contribution in [0, 0.1) is 5.92 Å². The Labute approximate surface area is 150 Å². The maximum atomic E-state index is 12.4. The summed E-state index contributed by atoms with van der Waals surface area (Å²) in [6.45, 7) is 1.63. The average molecular weight is 358 g/mol. The van der Waals surface area contributed by atoms with Crippen LogP contribution in [0.4, 0.5) is 5.69 Å². The van der Waals surface area contributed by atoms with Crippen LogP contribution in [0.2, 0.25) is 5.02 Å². The molecule has 0 saturated carbocycles. The largest absolute Gasteiger partial charge is 0.425 e. The van der Waals surface area contributed by atoms with Gasteiger partial charge >= 0.3 is 5.97 Å². The van der Waals surface area contributed by atoms with E-state index in [1.54, 1.807) is 48.5 Å². The smallest absolute Gasteiger partial charge is 0.316 e. The van der Waals surface area contributed by atoms with Gasteiger partial charge in [-0.05, 0) is 37.3 Å². The summed E-state index contributed by atoms with van der Waals surface area (Å²) in [6.07, 6.45) is 0.0631. The van der Waals surface area contributed by atoms with E-state index in [4.69, 9.17) is 16.3 Å². The number of benzene rings is 2.